The lowest BCUT2D eigenvalue weighted by Crippen LogP contribution is -1.92. The Hall–Kier alpha value is -2.14. The van der Waals surface area contributed by atoms with Gasteiger partial charge in [-0.2, -0.15) is 0 Å². The minimum Gasteiger partial charge on any atom is -0.508 e. The highest BCUT2D eigenvalue weighted by atomic mass is 16.3. The number of terminal acetylenes is 1. The number of hydrogen-bond acceptors (Lipinski definition) is 2. The van der Waals surface area contributed by atoms with E-state index >= 15 is 0 Å². The minimum absolute atomic E-state index is 0.159. The zero-order valence-electron chi connectivity index (χ0n) is 8.41. The highest BCUT2D eigenvalue weighted by molar-refractivity contribution is 5.99. The van der Waals surface area contributed by atoms with Crippen LogP contribution in [0.5, 0.6) is 5.75 Å². The van der Waals surface area contributed by atoms with Crippen LogP contribution in [-0.4, -0.2) is 5.11 Å². The molecule has 0 radical (unpaired) electrons. The molecule has 0 unspecified atom stereocenters. The first kappa shape index (κ1) is 9.42. The van der Waals surface area contributed by atoms with Crippen LogP contribution in [0, 0.1) is 19.3 Å². The van der Waals surface area contributed by atoms with Gasteiger partial charge in [-0.25, -0.2) is 0 Å². The molecule has 0 atom stereocenters. The molecule has 0 bridgehead atoms. The van der Waals surface area contributed by atoms with Gasteiger partial charge >= 0.3 is 0 Å². The van der Waals surface area contributed by atoms with E-state index in [0.29, 0.717) is 5.69 Å². The van der Waals surface area contributed by atoms with E-state index in [0.717, 1.165) is 21.9 Å². The third-order valence-electron chi connectivity index (χ3n) is 2.49. The molecule has 2 nitrogen and oxygen atoms in total. The fourth-order valence-corrected chi connectivity index (χ4v) is 1.77. The van der Waals surface area contributed by atoms with Crippen molar-refractivity contribution in [2.24, 2.45) is 0 Å². The number of aryl methyl sites for hydroxylation is 1. The molecule has 2 rings (SSSR count). The maximum Gasteiger partial charge on any atom is 0.118 e. The zero-order valence-corrected chi connectivity index (χ0v) is 8.41. The molecule has 2 aromatic rings. The maximum atomic E-state index is 9.41. The van der Waals surface area contributed by atoms with Crippen LogP contribution in [0.2, 0.25) is 0 Å². The van der Waals surface area contributed by atoms with Crippen molar-refractivity contribution in [3.8, 4) is 18.1 Å². The number of phenolic OH excluding ortho intramolecular Hbond substituents is 1. The summed E-state index contributed by atoms with van der Waals surface area (Å²) in [5.41, 5.74) is 8.17. The van der Waals surface area contributed by atoms with Gasteiger partial charge in [-0.15, -0.1) is 6.42 Å². The number of aromatic hydroxyl groups is 1. The van der Waals surface area contributed by atoms with Crippen LogP contribution in [0.3, 0.4) is 0 Å². The number of benzene rings is 2. The van der Waals surface area contributed by atoms with Gasteiger partial charge in [0.1, 0.15) is 5.75 Å². The van der Waals surface area contributed by atoms with Gasteiger partial charge < -0.3 is 10.8 Å². The number of rotatable bonds is 0. The summed E-state index contributed by atoms with van der Waals surface area (Å²) in [5, 5.41) is 11.1. The van der Waals surface area contributed by atoms with E-state index in [1.54, 1.807) is 6.07 Å². The van der Waals surface area contributed by atoms with Gasteiger partial charge in [0.25, 0.3) is 0 Å². The van der Waals surface area contributed by atoms with Crippen molar-refractivity contribution in [2.45, 2.75) is 6.92 Å². The summed E-state index contributed by atoms with van der Waals surface area (Å²) in [7, 11) is 0. The maximum absolute atomic E-state index is 9.41. The summed E-state index contributed by atoms with van der Waals surface area (Å²) in [5.74, 6) is 2.80. The van der Waals surface area contributed by atoms with Crippen LogP contribution in [-0.2, 0) is 0 Å². The molecule has 0 aliphatic rings. The predicted octanol–water partition coefficient (Wildman–Crippen LogP) is 2.42. The molecule has 0 aromatic heterocycles. The second-order valence-corrected chi connectivity index (χ2v) is 3.53. The molecule has 0 heterocycles. The monoisotopic (exact) mass is 197 g/mol. The highest BCUT2D eigenvalue weighted by Gasteiger charge is 2.07. The van der Waals surface area contributed by atoms with Crippen LogP contribution < -0.4 is 5.73 Å². The Labute approximate surface area is 88.3 Å². The van der Waals surface area contributed by atoms with Gasteiger partial charge in [-0.05, 0) is 23.9 Å². The van der Waals surface area contributed by atoms with Gasteiger partial charge in [-0.3, -0.25) is 0 Å². The summed E-state index contributed by atoms with van der Waals surface area (Å²) in [6.07, 6.45) is 5.46. The van der Waals surface area contributed by atoms with E-state index in [9.17, 15) is 5.11 Å². The first-order valence-electron chi connectivity index (χ1n) is 4.62. The number of nitrogen functional groups attached to an aromatic ring is 1. The first-order valence-corrected chi connectivity index (χ1v) is 4.62. The summed E-state index contributed by atoms with van der Waals surface area (Å²) in [6, 6.07) is 7.01. The Balaban J connectivity index is 3.00. The lowest BCUT2D eigenvalue weighted by atomic mass is 9.98. The quantitative estimate of drug-likeness (QED) is 0.503. The Morgan fingerprint density at radius 1 is 1.33 bits per heavy atom. The van der Waals surface area contributed by atoms with Gasteiger partial charge in [0.05, 0.1) is 0 Å². The van der Waals surface area contributed by atoms with Gasteiger partial charge in [0.15, 0.2) is 0 Å². The predicted molar refractivity (Wildman–Crippen MR) is 62.7 cm³/mol. The normalized spacial score (nSPS) is 10.1. The zero-order chi connectivity index (χ0) is 11.0. The van der Waals surface area contributed by atoms with Crippen LogP contribution in [0.15, 0.2) is 24.3 Å². The van der Waals surface area contributed by atoms with Gasteiger partial charge in [0, 0.05) is 22.7 Å². The second-order valence-electron chi connectivity index (χ2n) is 3.53. The Kier molecular flexibility index (Phi) is 2.02. The molecule has 0 amide bonds. The van der Waals surface area contributed by atoms with Crippen LogP contribution in [0.25, 0.3) is 10.8 Å². The fraction of sp³-hybridized carbons (Fsp3) is 0.0769. The topological polar surface area (TPSA) is 46.2 Å². The van der Waals surface area contributed by atoms with E-state index in [4.69, 9.17) is 12.2 Å². The van der Waals surface area contributed by atoms with Crippen molar-refractivity contribution in [3.63, 3.8) is 0 Å². The molecule has 74 valence electrons. The van der Waals surface area contributed by atoms with Crippen molar-refractivity contribution < 1.29 is 5.11 Å². The SMILES string of the molecule is C#Cc1c(C)ccc2cc(O)cc(N)c12. The number of fused-ring (bicyclic) bond motifs is 1. The molecular formula is C13H11NO. The number of anilines is 1. The highest BCUT2D eigenvalue weighted by Crippen LogP contribution is 2.30. The Bertz CT molecular complexity index is 579. The van der Waals surface area contributed by atoms with Crippen molar-refractivity contribution in [2.75, 3.05) is 5.73 Å². The Morgan fingerprint density at radius 2 is 2.07 bits per heavy atom. The van der Waals surface area contributed by atoms with Crippen molar-refractivity contribution >= 4 is 16.5 Å². The minimum atomic E-state index is 0.159. The molecule has 0 saturated heterocycles. The number of nitrogens with two attached hydrogens (primary N) is 1. The second kappa shape index (κ2) is 3.21. The summed E-state index contributed by atoms with van der Waals surface area (Å²) in [4.78, 5) is 0. The molecular weight excluding hydrogens is 186 g/mol. The van der Waals surface area contributed by atoms with E-state index in [1.165, 1.54) is 6.07 Å². The smallest absolute Gasteiger partial charge is 0.118 e. The molecule has 0 aliphatic heterocycles. The lowest BCUT2D eigenvalue weighted by Gasteiger charge is -2.08. The largest absolute Gasteiger partial charge is 0.508 e. The van der Waals surface area contributed by atoms with Crippen molar-refractivity contribution in [3.05, 3.63) is 35.4 Å². The third kappa shape index (κ3) is 1.38. The van der Waals surface area contributed by atoms with Crippen LogP contribution >= 0.6 is 0 Å². The standard InChI is InChI=1S/C13H11NO/c1-3-11-8(2)4-5-9-6-10(15)7-12(14)13(9)11/h1,4-7,15H,14H2,2H3. The lowest BCUT2D eigenvalue weighted by molar-refractivity contribution is 0.476. The molecule has 0 spiro atoms. The molecule has 2 aromatic carbocycles. The van der Waals surface area contributed by atoms with E-state index < -0.39 is 0 Å². The number of hydrogen-bond donors (Lipinski definition) is 2. The molecule has 0 saturated carbocycles. The van der Waals surface area contributed by atoms with Crippen LogP contribution in [0.4, 0.5) is 5.69 Å². The van der Waals surface area contributed by atoms with E-state index in [-0.39, 0.29) is 5.75 Å². The summed E-state index contributed by atoms with van der Waals surface area (Å²) in [6.45, 7) is 1.95. The van der Waals surface area contributed by atoms with E-state index in [2.05, 4.69) is 5.92 Å². The average molecular weight is 197 g/mol. The molecule has 15 heavy (non-hydrogen) atoms. The van der Waals surface area contributed by atoms with Crippen molar-refractivity contribution in [1.29, 1.82) is 0 Å². The average Bonchev–Trinajstić information content (AvgIpc) is 2.18. The Morgan fingerprint density at radius 3 is 2.73 bits per heavy atom. The number of phenols is 1. The molecule has 2 heteroatoms. The molecule has 0 aliphatic carbocycles. The molecule has 0 fully saturated rings. The summed E-state index contributed by atoms with van der Waals surface area (Å²) < 4.78 is 0. The van der Waals surface area contributed by atoms with E-state index in [1.807, 2.05) is 19.1 Å². The third-order valence-corrected chi connectivity index (χ3v) is 2.49. The summed E-state index contributed by atoms with van der Waals surface area (Å²) >= 11 is 0. The fourth-order valence-electron chi connectivity index (χ4n) is 1.77. The van der Waals surface area contributed by atoms with Crippen molar-refractivity contribution in [1.82, 2.24) is 0 Å². The van der Waals surface area contributed by atoms with Gasteiger partial charge in [-0.1, -0.05) is 18.1 Å². The van der Waals surface area contributed by atoms with Crippen LogP contribution in [0.1, 0.15) is 11.1 Å². The first-order chi connectivity index (χ1) is 7.13. The molecule has 3 N–H and O–H groups in total. The van der Waals surface area contributed by atoms with Gasteiger partial charge in [0.2, 0.25) is 0 Å².